The molecule has 1 aliphatic heterocycles. The molecule has 2 amide bonds. The summed E-state index contributed by atoms with van der Waals surface area (Å²) in [6.07, 6.45) is 1.66. The highest BCUT2D eigenvalue weighted by Gasteiger charge is 2.37. The van der Waals surface area contributed by atoms with Crippen molar-refractivity contribution < 1.29 is 14.0 Å². The lowest BCUT2D eigenvalue weighted by molar-refractivity contribution is -0.124. The standard InChI is InChI=1S/C16H18FN3O2S/c1-9(10-4-3-5-11(17)7-10)6-13(18-2)20-15(21)12-8-19-16(22)14(12)23/h3-7,12,14,23H,8H2,1-2H3,(H,19,22)(H,18,20,21)/b9-6+/t12-,14?/m0/s1. The Hall–Kier alpha value is -2.15. The third kappa shape index (κ3) is 4.19. The zero-order valence-electron chi connectivity index (χ0n) is 12.8. The average Bonchev–Trinajstić information content (AvgIpc) is 2.86. The molecule has 23 heavy (non-hydrogen) atoms. The monoisotopic (exact) mass is 335 g/mol. The van der Waals surface area contributed by atoms with E-state index in [1.165, 1.54) is 12.1 Å². The van der Waals surface area contributed by atoms with Crippen molar-refractivity contribution in [2.75, 3.05) is 13.6 Å². The first-order valence-electron chi connectivity index (χ1n) is 7.10. The Balaban J connectivity index is 2.10. The van der Waals surface area contributed by atoms with Crippen molar-refractivity contribution in [3.8, 4) is 0 Å². The van der Waals surface area contributed by atoms with Gasteiger partial charge < -0.3 is 10.6 Å². The van der Waals surface area contributed by atoms with Gasteiger partial charge in [-0.05, 0) is 36.3 Å². The minimum atomic E-state index is -0.665. The van der Waals surface area contributed by atoms with Crippen LogP contribution in [0.3, 0.4) is 0 Å². The summed E-state index contributed by atoms with van der Waals surface area (Å²) in [6, 6.07) is 6.16. The van der Waals surface area contributed by atoms with E-state index in [-0.39, 0.29) is 24.2 Å². The van der Waals surface area contributed by atoms with Gasteiger partial charge in [-0.2, -0.15) is 12.6 Å². The fourth-order valence-electron chi connectivity index (χ4n) is 2.24. The number of amidine groups is 1. The number of thiol groups is 1. The van der Waals surface area contributed by atoms with E-state index in [1.54, 1.807) is 32.2 Å². The molecule has 2 N–H and O–H groups in total. The highest BCUT2D eigenvalue weighted by Crippen LogP contribution is 2.17. The van der Waals surface area contributed by atoms with Crippen LogP contribution in [0.25, 0.3) is 5.57 Å². The van der Waals surface area contributed by atoms with E-state index in [0.29, 0.717) is 11.4 Å². The lowest BCUT2D eigenvalue weighted by Gasteiger charge is -2.13. The quantitative estimate of drug-likeness (QED) is 0.444. The van der Waals surface area contributed by atoms with Crippen molar-refractivity contribution in [1.82, 2.24) is 10.6 Å². The number of carbonyl (C=O) groups excluding carboxylic acids is 2. The normalized spacial score (nSPS) is 22.0. The number of nitrogens with zero attached hydrogens (tertiary/aromatic N) is 1. The first-order chi connectivity index (χ1) is 10.9. The maximum absolute atomic E-state index is 13.3. The van der Waals surface area contributed by atoms with E-state index in [0.717, 1.165) is 5.57 Å². The van der Waals surface area contributed by atoms with E-state index in [1.807, 2.05) is 0 Å². The van der Waals surface area contributed by atoms with Crippen LogP contribution in [0.4, 0.5) is 4.39 Å². The third-order valence-electron chi connectivity index (χ3n) is 3.61. The van der Waals surface area contributed by atoms with Crippen LogP contribution >= 0.6 is 12.6 Å². The van der Waals surface area contributed by atoms with Gasteiger partial charge in [-0.25, -0.2) is 4.39 Å². The third-order valence-corrected chi connectivity index (χ3v) is 4.20. The molecule has 5 nitrogen and oxygen atoms in total. The predicted octanol–water partition coefficient (Wildman–Crippen LogP) is 1.42. The van der Waals surface area contributed by atoms with Crippen molar-refractivity contribution in [2.45, 2.75) is 12.2 Å². The van der Waals surface area contributed by atoms with Crippen LogP contribution in [-0.4, -0.2) is 36.5 Å². The molecule has 1 aromatic carbocycles. The van der Waals surface area contributed by atoms with Gasteiger partial charge in [0.15, 0.2) is 0 Å². The van der Waals surface area contributed by atoms with Crippen LogP contribution in [0, 0.1) is 11.7 Å². The van der Waals surface area contributed by atoms with E-state index < -0.39 is 11.2 Å². The SMILES string of the molecule is CN=C(/C=C(\C)c1cccc(F)c1)NC(=O)[C@H]1CNC(=O)C1S. The van der Waals surface area contributed by atoms with Gasteiger partial charge in [-0.15, -0.1) is 0 Å². The van der Waals surface area contributed by atoms with E-state index in [4.69, 9.17) is 0 Å². The molecule has 0 radical (unpaired) electrons. The van der Waals surface area contributed by atoms with Crippen LogP contribution in [0.1, 0.15) is 12.5 Å². The van der Waals surface area contributed by atoms with Crippen molar-refractivity contribution in [1.29, 1.82) is 0 Å². The van der Waals surface area contributed by atoms with Gasteiger partial charge in [-0.1, -0.05) is 12.1 Å². The first kappa shape index (κ1) is 17.2. The Morgan fingerprint density at radius 2 is 2.26 bits per heavy atom. The maximum atomic E-state index is 13.3. The number of amides is 2. The smallest absolute Gasteiger partial charge is 0.233 e. The minimum absolute atomic E-state index is 0.252. The molecule has 2 atom stereocenters. The van der Waals surface area contributed by atoms with Crippen molar-refractivity contribution in [2.24, 2.45) is 10.9 Å². The van der Waals surface area contributed by atoms with Gasteiger partial charge in [0.25, 0.3) is 0 Å². The number of hydrogen-bond acceptors (Lipinski definition) is 4. The molecule has 1 saturated heterocycles. The summed E-state index contributed by atoms with van der Waals surface area (Å²) in [6.45, 7) is 2.05. The second-order valence-corrected chi connectivity index (χ2v) is 5.79. The highest BCUT2D eigenvalue weighted by atomic mass is 32.1. The molecular formula is C16H18FN3O2S. The number of halogens is 1. The van der Waals surface area contributed by atoms with Gasteiger partial charge in [0, 0.05) is 13.6 Å². The van der Waals surface area contributed by atoms with Crippen molar-refractivity contribution in [3.63, 3.8) is 0 Å². The van der Waals surface area contributed by atoms with Gasteiger partial charge in [0.1, 0.15) is 11.7 Å². The fraction of sp³-hybridized carbons (Fsp3) is 0.312. The molecule has 1 aliphatic rings. The molecule has 0 aliphatic carbocycles. The largest absolute Gasteiger partial charge is 0.354 e. The van der Waals surface area contributed by atoms with Crippen molar-refractivity contribution in [3.05, 3.63) is 41.7 Å². The van der Waals surface area contributed by atoms with Crippen LogP contribution in [0.2, 0.25) is 0 Å². The van der Waals surface area contributed by atoms with Gasteiger partial charge in [0.05, 0.1) is 11.2 Å². The number of hydrogen-bond donors (Lipinski definition) is 3. The summed E-state index contributed by atoms with van der Waals surface area (Å²) in [5.74, 6) is -1.12. The molecule has 0 aromatic heterocycles. The Morgan fingerprint density at radius 1 is 1.52 bits per heavy atom. The molecule has 0 saturated carbocycles. The van der Waals surface area contributed by atoms with Crippen LogP contribution in [0.5, 0.6) is 0 Å². The summed E-state index contributed by atoms with van der Waals surface area (Å²) < 4.78 is 13.3. The molecule has 1 unspecified atom stereocenters. The van der Waals surface area contributed by atoms with E-state index in [2.05, 4.69) is 28.3 Å². The molecule has 1 fully saturated rings. The van der Waals surface area contributed by atoms with Crippen LogP contribution < -0.4 is 10.6 Å². The van der Waals surface area contributed by atoms with Gasteiger partial charge >= 0.3 is 0 Å². The van der Waals surface area contributed by atoms with Gasteiger partial charge in [0.2, 0.25) is 11.8 Å². The summed E-state index contributed by atoms with van der Waals surface area (Å²) in [5.41, 5.74) is 1.46. The molecule has 1 aromatic rings. The number of aliphatic imine (C=N–C) groups is 1. The summed E-state index contributed by atoms with van der Waals surface area (Å²) >= 11 is 4.14. The molecule has 122 valence electrons. The second-order valence-electron chi connectivity index (χ2n) is 5.23. The summed E-state index contributed by atoms with van der Waals surface area (Å²) in [4.78, 5) is 27.6. The number of carbonyl (C=O) groups is 2. The van der Waals surface area contributed by atoms with Crippen molar-refractivity contribution >= 4 is 35.9 Å². The Labute approximate surface area is 139 Å². The van der Waals surface area contributed by atoms with E-state index in [9.17, 15) is 14.0 Å². The number of nitrogens with one attached hydrogen (secondary N) is 2. The first-order valence-corrected chi connectivity index (χ1v) is 7.61. The van der Waals surface area contributed by atoms with Crippen LogP contribution in [0.15, 0.2) is 35.3 Å². The average molecular weight is 335 g/mol. The maximum Gasteiger partial charge on any atom is 0.233 e. The second kappa shape index (κ2) is 7.41. The number of allylic oxidation sites excluding steroid dienone is 1. The highest BCUT2D eigenvalue weighted by molar-refractivity contribution is 7.81. The Kier molecular flexibility index (Phi) is 5.54. The zero-order chi connectivity index (χ0) is 17.0. The molecule has 1 heterocycles. The van der Waals surface area contributed by atoms with Gasteiger partial charge in [-0.3, -0.25) is 14.6 Å². The zero-order valence-corrected chi connectivity index (χ0v) is 13.7. The molecular weight excluding hydrogens is 317 g/mol. The van der Waals surface area contributed by atoms with Crippen LogP contribution in [-0.2, 0) is 9.59 Å². The predicted molar refractivity (Wildman–Crippen MR) is 90.8 cm³/mol. The molecule has 2 rings (SSSR count). The fourth-order valence-corrected chi connectivity index (χ4v) is 2.58. The Bertz CT molecular complexity index is 688. The summed E-state index contributed by atoms with van der Waals surface area (Å²) in [5, 5.41) is 4.60. The summed E-state index contributed by atoms with van der Waals surface area (Å²) in [7, 11) is 1.54. The molecule has 0 spiro atoms. The molecule has 7 heteroatoms. The minimum Gasteiger partial charge on any atom is -0.354 e. The van der Waals surface area contributed by atoms with E-state index >= 15 is 0 Å². The molecule has 0 bridgehead atoms. The topological polar surface area (TPSA) is 70.6 Å². The Morgan fingerprint density at radius 3 is 2.83 bits per heavy atom. The number of rotatable bonds is 3. The lowest BCUT2D eigenvalue weighted by atomic mass is 10.1. The lowest BCUT2D eigenvalue weighted by Crippen LogP contribution is -2.38. The number of benzene rings is 1.